The molecule has 1 atom stereocenters. The Hall–Kier alpha value is -3.19. The Kier molecular flexibility index (Phi) is 5.52. The predicted octanol–water partition coefficient (Wildman–Crippen LogP) is 2.48. The highest BCUT2D eigenvalue weighted by Gasteiger charge is 2.34. The van der Waals surface area contributed by atoms with Crippen molar-refractivity contribution in [2.24, 2.45) is 0 Å². The predicted molar refractivity (Wildman–Crippen MR) is 101 cm³/mol. The molecular formula is C20H22N4O3. The van der Waals surface area contributed by atoms with Crippen molar-refractivity contribution in [3.05, 3.63) is 23.3 Å². The van der Waals surface area contributed by atoms with Gasteiger partial charge in [-0.3, -0.25) is 4.79 Å². The number of benzene rings is 1. The number of rotatable bonds is 5. The van der Waals surface area contributed by atoms with Crippen molar-refractivity contribution >= 4 is 23.4 Å². The van der Waals surface area contributed by atoms with Crippen LogP contribution in [-0.2, 0) is 9.53 Å². The van der Waals surface area contributed by atoms with Gasteiger partial charge in [0.05, 0.1) is 32.0 Å². The molecule has 1 aromatic carbocycles. The van der Waals surface area contributed by atoms with Gasteiger partial charge in [0.25, 0.3) is 0 Å². The Morgan fingerprint density at radius 3 is 2.74 bits per heavy atom. The van der Waals surface area contributed by atoms with Gasteiger partial charge in [-0.05, 0) is 25.0 Å². The first-order chi connectivity index (χ1) is 13.1. The van der Waals surface area contributed by atoms with Crippen LogP contribution in [0.5, 0.6) is 5.75 Å². The maximum Gasteiger partial charge on any atom is 0.307 e. The lowest BCUT2D eigenvalue weighted by Crippen LogP contribution is -2.46. The fraction of sp³-hybridized carbons (Fsp3) is 0.450. The molecule has 27 heavy (non-hydrogen) atoms. The van der Waals surface area contributed by atoms with Gasteiger partial charge < -0.3 is 19.3 Å². The number of allylic oxidation sites excluding steroid dienone is 1. The number of fused-ring (bicyclic) bond motifs is 3. The molecule has 7 nitrogen and oxygen atoms in total. The van der Waals surface area contributed by atoms with Crippen molar-refractivity contribution in [1.82, 2.24) is 0 Å². The van der Waals surface area contributed by atoms with E-state index in [-0.39, 0.29) is 11.5 Å². The summed E-state index contributed by atoms with van der Waals surface area (Å²) in [5.41, 5.74) is 2.75. The highest BCUT2D eigenvalue weighted by molar-refractivity contribution is 5.82. The quantitative estimate of drug-likeness (QED) is 0.584. The zero-order valence-electron chi connectivity index (χ0n) is 15.6. The largest absolute Gasteiger partial charge is 0.496 e. The van der Waals surface area contributed by atoms with Crippen LogP contribution in [0.25, 0.3) is 6.08 Å². The van der Waals surface area contributed by atoms with Crippen molar-refractivity contribution in [1.29, 1.82) is 10.5 Å². The minimum absolute atomic E-state index is 0.0178. The molecule has 2 aliphatic heterocycles. The molecule has 1 aromatic rings. The van der Waals surface area contributed by atoms with Gasteiger partial charge in [0.2, 0.25) is 0 Å². The minimum Gasteiger partial charge on any atom is -0.496 e. The lowest BCUT2D eigenvalue weighted by Gasteiger charge is -2.41. The van der Waals surface area contributed by atoms with Crippen molar-refractivity contribution in [2.75, 3.05) is 43.7 Å². The lowest BCUT2D eigenvalue weighted by molar-refractivity contribution is -0.140. The van der Waals surface area contributed by atoms with E-state index in [1.165, 1.54) is 13.2 Å². The first-order valence-electron chi connectivity index (χ1n) is 8.93. The van der Waals surface area contributed by atoms with E-state index >= 15 is 0 Å². The SMILES string of the molecule is COC(=O)CCN1CC2CCCN2c2cc(OC)c(C=C(C#N)C#N)cc21. The molecule has 0 bridgehead atoms. The third kappa shape index (κ3) is 3.68. The number of nitrogens with zero attached hydrogens (tertiary/aromatic N) is 4. The molecule has 140 valence electrons. The highest BCUT2D eigenvalue weighted by atomic mass is 16.5. The van der Waals surface area contributed by atoms with Crippen LogP contribution in [-0.4, -0.2) is 45.9 Å². The molecule has 0 radical (unpaired) electrons. The van der Waals surface area contributed by atoms with Crippen LogP contribution < -0.4 is 14.5 Å². The van der Waals surface area contributed by atoms with Gasteiger partial charge in [0, 0.05) is 37.3 Å². The average Bonchev–Trinajstić information content (AvgIpc) is 3.17. The molecule has 0 aliphatic carbocycles. The minimum atomic E-state index is -0.240. The van der Waals surface area contributed by atoms with Crippen LogP contribution in [0.15, 0.2) is 17.7 Å². The fourth-order valence-electron chi connectivity index (χ4n) is 3.83. The number of carbonyl (C=O) groups excluding carboxylic acids is 1. The molecular weight excluding hydrogens is 344 g/mol. The zero-order chi connectivity index (χ0) is 19.4. The van der Waals surface area contributed by atoms with Gasteiger partial charge in [-0.25, -0.2) is 0 Å². The standard InChI is InChI=1S/C20H22N4O3/c1-26-19-10-18-17(9-15(19)8-14(11-21)12-22)23(7-5-20(25)27-2)13-16-4-3-6-24(16)18/h8-10,16H,3-7,13H2,1-2H3. The second-order valence-corrected chi connectivity index (χ2v) is 6.63. The fourth-order valence-corrected chi connectivity index (χ4v) is 3.83. The lowest BCUT2D eigenvalue weighted by atomic mass is 10.0. The summed E-state index contributed by atoms with van der Waals surface area (Å²) in [7, 11) is 2.97. The summed E-state index contributed by atoms with van der Waals surface area (Å²) in [5, 5.41) is 18.2. The Morgan fingerprint density at radius 1 is 1.30 bits per heavy atom. The third-order valence-electron chi connectivity index (χ3n) is 5.14. The maximum absolute atomic E-state index is 11.6. The number of anilines is 2. The Bertz CT molecular complexity index is 834. The number of hydrogen-bond donors (Lipinski definition) is 0. The van der Waals surface area contributed by atoms with Crippen molar-refractivity contribution in [3.63, 3.8) is 0 Å². The summed E-state index contributed by atoms with van der Waals surface area (Å²) in [4.78, 5) is 16.2. The van der Waals surface area contributed by atoms with E-state index in [1.807, 2.05) is 24.3 Å². The molecule has 1 fully saturated rings. The molecule has 3 rings (SSSR count). The zero-order valence-corrected chi connectivity index (χ0v) is 15.6. The highest BCUT2D eigenvalue weighted by Crippen LogP contribution is 2.43. The van der Waals surface area contributed by atoms with Gasteiger partial charge in [0.1, 0.15) is 23.5 Å². The molecule has 0 aromatic heterocycles. The maximum atomic E-state index is 11.6. The number of esters is 1. The van der Waals surface area contributed by atoms with Crippen LogP contribution in [0, 0.1) is 22.7 Å². The third-order valence-corrected chi connectivity index (χ3v) is 5.14. The monoisotopic (exact) mass is 366 g/mol. The smallest absolute Gasteiger partial charge is 0.307 e. The number of methoxy groups -OCH3 is 2. The topological polar surface area (TPSA) is 89.6 Å². The van der Waals surface area contributed by atoms with Gasteiger partial charge in [-0.2, -0.15) is 10.5 Å². The second-order valence-electron chi connectivity index (χ2n) is 6.63. The summed E-state index contributed by atoms with van der Waals surface area (Å²) >= 11 is 0. The summed E-state index contributed by atoms with van der Waals surface area (Å²) in [6.07, 6.45) is 4.09. The number of hydrogen-bond acceptors (Lipinski definition) is 7. The summed E-state index contributed by atoms with van der Waals surface area (Å²) in [5.74, 6) is 0.382. The van der Waals surface area contributed by atoms with E-state index < -0.39 is 0 Å². The Balaban J connectivity index is 2.05. The molecule has 0 N–H and O–H groups in total. The second kappa shape index (κ2) is 8.01. The van der Waals surface area contributed by atoms with Crippen molar-refractivity contribution < 1.29 is 14.3 Å². The summed E-state index contributed by atoms with van der Waals surface area (Å²) < 4.78 is 10.3. The number of carbonyl (C=O) groups is 1. The van der Waals surface area contributed by atoms with E-state index in [0.29, 0.717) is 30.3 Å². The van der Waals surface area contributed by atoms with Crippen molar-refractivity contribution in [2.45, 2.75) is 25.3 Å². The van der Waals surface area contributed by atoms with Crippen molar-refractivity contribution in [3.8, 4) is 17.9 Å². The molecule has 0 saturated carbocycles. The molecule has 7 heteroatoms. The Morgan fingerprint density at radius 2 is 2.07 bits per heavy atom. The van der Waals surface area contributed by atoms with E-state index in [9.17, 15) is 4.79 Å². The first-order valence-corrected chi connectivity index (χ1v) is 8.93. The summed E-state index contributed by atoms with van der Waals surface area (Å²) in [6.45, 7) is 2.38. The van der Waals surface area contributed by atoms with Crippen LogP contribution in [0.2, 0.25) is 0 Å². The van der Waals surface area contributed by atoms with Crippen LogP contribution >= 0.6 is 0 Å². The average molecular weight is 366 g/mol. The van der Waals surface area contributed by atoms with Gasteiger partial charge in [0.15, 0.2) is 0 Å². The van der Waals surface area contributed by atoms with E-state index in [4.69, 9.17) is 20.0 Å². The molecule has 0 amide bonds. The molecule has 2 aliphatic rings. The normalized spacial score (nSPS) is 17.3. The molecule has 0 spiro atoms. The number of ether oxygens (including phenoxy) is 2. The molecule has 2 heterocycles. The first kappa shape index (κ1) is 18.6. The summed E-state index contributed by atoms with van der Waals surface area (Å²) in [6, 6.07) is 8.09. The van der Waals surface area contributed by atoms with E-state index in [2.05, 4.69) is 9.80 Å². The van der Waals surface area contributed by atoms with E-state index in [1.54, 1.807) is 7.11 Å². The van der Waals surface area contributed by atoms with Gasteiger partial charge in [-0.15, -0.1) is 0 Å². The molecule has 1 saturated heterocycles. The number of nitriles is 2. The molecule has 1 unspecified atom stereocenters. The van der Waals surface area contributed by atoms with Crippen LogP contribution in [0.3, 0.4) is 0 Å². The van der Waals surface area contributed by atoms with E-state index in [0.717, 1.165) is 37.3 Å². The van der Waals surface area contributed by atoms with Crippen LogP contribution in [0.4, 0.5) is 11.4 Å². The van der Waals surface area contributed by atoms with Gasteiger partial charge >= 0.3 is 5.97 Å². The van der Waals surface area contributed by atoms with Gasteiger partial charge in [-0.1, -0.05) is 0 Å². The van der Waals surface area contributed by atoms with Crippen LogP contribution in [0.1, 0.15) is 24.8 Å². The Labute approximate surface area is 159 Å².